The van der Waals surface area contributed by atoms with Crippen molar-refractivity contribution < 1.29 is 13.7 Å². The Balaban J connectivity index is 0.000000343. The lowest BCUT2D eigenvalue weighted by Crippen LogP contribution is -2.44. The van der Waals surface area contributed by atoms with E-state index in [0.29, 0.717) is 47.4 Å². The molecule has 2 aromatic heterocycles. The topological polar surface area (TPSA) is 129 Å². The van der Waals surface area contributed by atoms with Crippen LogP contribution in [0.2, 0.25) is 0 Å². The summed E-state index contributed by atoms with van der Waals surface area (Å²) in [5.74, 6) is 2.42. The number of rotatable bonds is 4. The highest BCUT2D eigenvalue weighted by atomic mass is 32.2. The molecular formula is C19H28N6O3S. The van der Waals surface area contributed by atoms with Crippen LogP contribution in [0.25, 0.3) is 11.4 Å². The molecule has 4 N–H and O–H groups in total. The van der Waals surface area contributed by atoms with E-state index in [0.717, 1.165) is 12.4 Å². The molecule has 0 amide bonds. The second kappa shape index (κ2) is 9.36. The van der Waals surface area contributed by atoms with Gasteiger partial charge in [-0.2, -0.15) is 4.98 Å². The van der Waals surface area contributed by atoms with Gasteiger partial charge in [0.15, 0.2) is 5.82 Å². The fourth-order valence-corrected chi connectivity index (χ4v) is 3.76. The summed E-state index contributed by atoms with van der Waals surface area (Å²) in [6.07, 6.45) is 4.17. The van der Waals surface area contributed by atoms with Gasteiger partial charge in [-0.15, -0.1) is 0 Å². The highest BCUT2D eigenvalue weighted by Gasteiger charge is 2.24. The van der Waals surface area contributed by atoms with Crippen molar-refractivity contribution in [1.29, 1.82) is 0 Å². The van der Waals surface area contributed by atoms with Crippen LogP contribution in [-0.4, -0.2) is 63.6 Å². The molecule has 1 aliphatic heterocycles. The van der Waals surface area contributed by atoms with Crippen LogP contribution in [-0.2, 0) is 15.5 Å². The molecule has 0 bridgehead atoms. The first-order valence-electron chi connectivity index (χ1n) is 9.50. The Morgan fingerprint density at radius 2 is 1.90 bits per heavy atom. The maximum absolute atomic E-state index is 10.3. The lowest BCUT2D eigenvalue weighted by atomic mass is 10.2. The van der Waals surface area contributed by atoms with Gasteiger partial charge < -0.3 is 25.8 Å². The summed E-state index contributed by atoms with van der Waals surface area (Å²) in [5.41, 5.74) is 12.5. The molecule has 3 heterocycles. The summed E-state index contributed by atoms with van der Waals surface area (Å²) in [6.45, 7) is 4.18. The standard InChI is InChI=1S/C15H20N6O2.C4H8OS/c1-9-8-23-4-3-21(9)13-7-12(17)19-15(20-13)10-5-11(16)18-14(6-10)22-2;1-6(5)4-2-3-4/h5-7,9H,3-4,8H2,1-2H3,(H2,16,18)(H2,17,19,20);4H,2-3H2,1H3. The molecule has 9 nitrogen and oxygen atoms in total. The number of ether oxygens (including phenoxy) is 2. The normalized spacial score (nSPS) is 19.8. The molecule has 0 aromatic carbocycles. The van der Waals surface area contributed by atoms with E-state index in [1.165, 1.54) is 20.0 Å². The molecule has 2 aromatic rings. The molecule has 0 radical (unpaired) electrons. The zero-order valence-electron chi connectivity index (χ0n) is 17.0. The van der Waals surface area contributed by atoms with Gasteiger partial charge in [0, 0.05) is 46.5 Å². The number of anilines is 3. The average molecular weight is 421 g/mol. The second-order valence-corrected chi connectivity index (χ2v) is 8.78. The molecule has 158 valence electrons. The maximum atomic E-state index is 10.3. The number of pyridine rings is 1. The van der Waals surface area contributed by atoms with Crippen molar-refractivity contribution in [3.05, 3.63) is 18.2 Å². The number of nitrogens with zero attached hydrogens (tertiary/aromatic N) is 4. The third-order valence-corrected chi connectivity index (χ3v) is 6.09. The lowest BCUT2D eigenvalue weighted by molar-refractivity contribution is 0.0985. The monoisotopic (exact) mass is 420 g/mol. The van der Waals surface area contributed by atoms with Crippen LogP contribution in [0.5, 0.6) is 5.88 Å². The minimum atomic E-state index is -0.506. The molecule has 0 spiro atoms. The number of hydrogen-bond donors (Lipinski definition) is 2. The van der Waals surface area contributed by atoms with Gasteiger partial charge in [-0.1, -0.05) is 0 Å². The van der Waals surface area contributed by atoms with E-state index < -0.39 is 10.8 Å². The zero-order valence-corrected chi connectivity index (χ0v) is 17.8. The Morgan fingerprint density at radius 3 is 2.48 bits per heavy atom. The Kier molecular flexibility index (Phi) is 6.86. The number of hydrogen-bond acceptors (Lipinski definition) is 9. The van der Waals surface area contributed by atoms with Crippen molar-refractivity contribution in [2.24, 2.45) is 0 Å². The fourth-order valence-electron chi connectivity index (χ4n) is 2.96. The average Bonchev–Trinajstić information content (AvgIpc) is 3.53. The predicted molar refractivity (Wildman–Crippen MR) is 115 cm³/mol. The Morgan fingerprint density at radius 1 is 1.17 bits per heavy atom. The number of aromatic nitrogens is 3. The quantitative estimate of drug-likeness (QED) is 0.755. The first-order valence-corrected chi connectivity index (χ1v) is 11.1. The van der Waals surface area contributed by atoms with Crippen LogP contribution in [0.3, 0.4) is 0 Å². The number of nitrogen functional groups attached to an aromatic ring is 2. The molecule has 29 heavy (non-hydrogen) atoms. The van der Waals surface area contributed by atoms with Gasteiger partial charge in [0.2, 0.25) is 5.88 Å². The molecular weight excluding hydrogens is 392 g/mol. The SMILES string of the molecule is COc1cc(-c2nc(N)cc(N3CCOCC3C)n2)cc(N)n1.CS(=O)C1CC1. The minimum absolute atomic E-state index is 0.225. The van der Waals surface area contributed by atoms with E-state index in [9.17, 15) is 4.21 Å². The molecule has 1 saturated carbocycles. The summed E-state index contributed by atoms with van der Waals surface area (Å²) >= 11 is 0. The third kappa shape index (κ3) is 5.77. The highest BCUT2D eigenvalue weighted by Crippen LogP contribution is 2.26. The molecule has 1 aliphatic carbocycles. The van der Waals surface area contributed by atoms with Crippen LogP contribution < -0.4 is 21.1 Å². The van der Waals surface area contributed by atoms with E-state index in [4.69, 9.17) is 20.9 Å². The van der Waals surface area contributed by atoms with E-state index in [-0.39, 0.29) is 6.04 Å². The summed E-state index contributed by atoms with van der Waals surface area (Å²) in [6, 6.07) is 5.43. The van der Waals surface area contributed by atoms with Crippen LogP contribution in [0, 0.1) is 0 Å². The summed E-state index contributed by atoms with van der Waals surface area (Å²) in [4.78, 5) is 15.2. The van der Waals surface area contributed by atoms with Crippen molar-refractivity contribution in [2.75, 3.05) is 49.5 Å². The Labute approximate surface area is 173 Å². The van der Waals surface area contributed by atoms with Gasteiger partial charge in [-0.05, 0) is 25.8 Å². The fraction of sp³-hybridized carbons (Fsp3) is 0.526. The Hall–Kier alpha value is -2.46. The number of morpholine rings is 1. The predicted octanol–water partition coefficient (Wildman–Crippen LogP) is 1.46. The molecule has 4 rings (SSSR count). The molecule has 2 unspecified atom stereocenters. The van der Waals surface area contributed by atoms with Crippen molar-refractivity contribution in [3.63, 3.8) is 0 Å². The van der Waals surface area contributed by atoms with Gasteiger partial charge >= 0.3 is 0 Å². The van der Waals surface area contributed by atoms with E-state index in [2.05, 4.69) is 26.8 Å². The van der Waals surface area contributed by atoms with Crippen LogP contribution >= 0.6 is 0 Å². The lowest BCUT2D eigenvalue weighted by Gasteiger charge is -2.34. The number of methoxy groups -OCH3 is 1. The number of nitrogens with two attached hydrogens (primary N) is 2. The first-order chi connectivity index (χ1) is 13.9. The molecule has 2 aliphatic rings. The largest absolute Gasteiger partial charge is 0.481 e. The highest BCUT2D eigenvalue weighted by molar-refractivity contribution is 7.85. The van der Waals surface area contributed by atoms with Gasteiger partial charge in [0.05, 0.1) is 26.4 Å². The smallest absolute Gasteiger partial charge is 0.215 e. The van der Waals surface area contributed by atoms with E-state index >= 15 is 0 Å². The van der Waals surface area contributed by atoms with Gasteiger partial charge in [0.1, 0.15) is 17.5 Å². The van der Waals surface area contributed by atoms with Gasteiger partial charge in [-0.25, -0.2) is 9.97 Å². The van der Waals surface area contributed by atoms with Crippen LogP contribution in [0.1, 0.15) is 19.8 Å². The molecule has 10 heteroatoms. The Bertz CT molecular complexity index is 877. The van der Waals surface area contributed by atoms with Crippen LogP contribution in [0.4, 0.5) is 17.5 Å². The minimum Gasteiger partial charge on any atom is -0.481 e. The van der Waals surface area contributed by atoms with E-state index in [1.54, 1.807) is 24.5 Å². The summed E-state index contributed by atoms with van der Waals surface area (Å²) < 4.78 is 20.9. The van der Waals surface area contributed by atoms with Crippen molar-refractivity contribution in [1.82, 2.24) is 15.0 Å². The van der Waals surface area contributed by atoms with Gasteiger partial charge in [0.25, 0.3) is 0 Å². The first kappa shape index (κ1) is 21.3. The zero-order chi connectivity index (χ0) is 21.0. The molecule has 2 atom stereocenters. The van der Waals surface area contributed by atoms with Crippen molar-refractivity contribution in [3.8, 4) is 17.3 Å². The summed E-state index contributed by atoms with van der Waals surface area (Å²) in [5, 5.41) is 0.574. The third-order valence-electron chi connectivity index (χ3n) is 4.68. The van der Waals surface area contributed by atoms with Gasteiger partial charge in [-0.3, -0.25) is 4.21 Å². The van der Waals surface area contributed by atoms with E-state index in [1.807, 2.05) is 0 Å². The van der Waals surface area contributed by atoms with Crippen LogP contribution in [0.15, 0.2) is 18.2 Å². The second-order valence-electron chi connectivity index (χ2n) is 7.11. The maximum Gasteiger partial charge on any atom is 0.215 e. The van der Waals surface area contributed by atoms with Crippen molar-refractivity contribution >= 4 is 28.3 Å². The summed E-state index contributed by atoms with van der Waals surface area (Å²) in [7, 11) is 1.03. The molecule has 1 saturated heterocycles. The van der Waals surface area contributed by atoms with Crippen molar-refractivity contribution in [2.45, 2.75) is 31.1 Å². The molecule has 2 fully saturated rings.